The summed E-state index contributed by atoms with van der Waals surface area (Å²) in [6.07, 6.45) is -9.51. The van der Waals surface area contributed by atoms with Crippen LogP contribution in [0.1, 0.15) is 53.5 Å². The largest absolute Gasteiger partial charge is 0.489 e. The fourth-order valence-corrected chi connectivity index (χ4v) is 5.85. The molecule has 5 rings (SSSR count). The van der Waals surface area contributed by atoms with Gasteiger partial charge in [0, 0.05) is 30.8 Å². The Hall–Kier alpha value is -7.36. The molecule has 5 aromatic rings. The maximum absolute atomic E-state index is 13.1. The predicted octanol–water partition coefficient (Wildman–Crippen LogP) is 8.42. The highest BCUT2D eigenvalue weighted by molar-refractivity contribution is 6.32. The number of hydrogen-bond donors (Lipinski definition) is 0. The number of carbonyl (C=O) groups is 3. The third-order valence-corrected chi connectivity index (χ3v) is 9.27. The van der Waals surface area contributed by atoms with Gasteiger partial charge in [-0.25, -0.2) is 23.7 Å². The van der Waals surface area contributed by atoms with E-state index in [1.165, 1.54) is 38.3 Å². The van der Waals surface area contributed by atoms with E-state index in [2.05, 4.69) is 4.74 Å². The number of ether oxygens (including phenoxy) is 6. The molecule has 0 amide bonds. The molecule has 0 saturated heterocycles. The van der Waals surface area contributed by atoms with E-state index in [1.807, 2.05) is 25.1 Å². The van der Waals surface area contributed by atoms with E-state index < -0.39 is 81.7 Å². The van der Waals surface area contributed by atoms with Crippen LogP contribution in [0.3, 0.4) is 0 Å². The summed E-state index contributed by atoms with van der Waals surface area (Å²) in [5.74, 6) is -2.04. The summed E-state index contributed by atoms with van der Waals surface area (Å²) in [4.78, 5) is 70.2. The SMILES string of the molecule is CCOC(=O)COC(=O)c1cc(Oc2ccc(C(F)(F)F)cc2Cl)ccc1[N+](=O)[O-].CCc1ccc(COc2ccc(-n3c(=O)cc(C(F)(F)F)n(C)c3=O)cc2)c(OC(C)C(=O)OC)c1. The Morgan fingerprint density at radius 1 is 0.833 bits per heavy atom. The average Bonchev–Trinajstić information content (AvgIpc) is 3.26. The fourth-order valence-electron chi connectivity index (χ4n) is 5.63. The summed E-state index contributed by atoms with van der Waals surface area (Å²) in [6.45, 7) is 4.46. The molecular formula is C43H38ClF6N3O13. The van der Waals surface area contributed by atoms with E-state index in [0.29, 0.717) is 38.3 Å². The highest BCUT2D eigenvalue weighted by atomic mass is 35.5. The standard InChI is InChI=1S/C25H25F3N2O6.C18H13ClF3NO7/c1-5-16-6-7-17(20(12-16)36-15(2)23(32)34-4)14-35-19-10-8-18(9-11-19)30-22(31)13-21(25(26,27)28)29(3)24(30)33;1-2-28-16(24)9-29-17(25)12-8-11(4-5-14(12)23(26)27)30-15-6-3-10(7-13(15)19)18(20,21)22/h6-13,15H,5,14H2,1-4H3;3-8H,2,9H2,1H3. The molecule has 0 bridgehead atoms. The van der Waals surface area contributed by atoms with Crippen molar-refractivity contribution in [3.8, 4) is 28.7 Å². The van der Waals surface area contributed by atoms with Crippen LogP contribution >= 0.6 is 11.6 Å². The first-order valence-corrected chi connectivity index (χ1v) is 19.5. The topological polar surface area (TPSA) is 194 Å². The molecule has 0 radical (unpaired) electrons. The highest BCUT2D eigenvalue weighted by Crippen LogP contribution is 2.37. The zero-order valence-corrected chi connectivity index (χ0v) is 36.0. The van der Waals surface area contributed by atoms with Crippen molar-refractivity contribution in [2.75, 3.05) is 20.3 Å². The molecule has 4 aromatic carbocycles. The first kappa shape index (κ1) is 51.3. The molecule has 1 aromatic heterocycles. The molecule has 0 N–H and O–H groups in total. The van der Waals surface area contributed by atoms with Crippen LogP contribution < -0.4 is 25.5 Å². The summed E-state index contributed by atoms with van der Waals surface area (Å²) in [5, 5.41) is 10.8. The zero-order valence-electron chi connectivity index (χ0n) is 35.3. The van der Waals surface area contributed by atoms with Gasteiger partial charge in [0.05, 0.1) is 34.9 Å². The molecule has 0 saturated carbocycles. The third-order valence-electron chi connectivity index (χ3n) is 8.97. The van der Waals surface area contributed by atoms with Crippen LogP contribution in [-0.2, 0) is 56.2 Å². The minimum atomic E-state index is -4.84. The normalized spacial score (nSPS) is 11.6. The second-order valence-electron chi connectivity index (χ2n) is 13.5. The molecular weight excluding hydrogens is 916 g/mol. The molecule has 1 atom stereocenters. The van der Waals surface area contributed by atoms with Crippen molar-refractivity contribution in [3.63, 3.8) is 0 Å². The van der Waals surface area contributed by atoms with Crippen LogP contribution in [0.2, 0.25) is 5.02 Å². The van der Waals surface area contributed by atoms with Crippen LogP contribution in [0.25, 0.3) is 5.69 Å². The Bertz CT molecular complexity index is 2700. The molecule has 23 heteroatoms. The van der Waals surface area contributed by atoms with Crippen molar-refractivity contribution in [2.45, 2.75) is 52.3 Å². The van der Waals surface area contributed by atoms with Gasteiger partial charge in [-0.2, -0.15) is 26.3 Å². The molecule has 0 aliphatic carbocycles. The van der Waals surface area contributed by atoms with Gasteiger partial charge >= 0.3 is 36.0 Å². The third kappa shape index (κ3) is 13.3. The monoisotopic (exact) mass is 953 g/mol. The summed E-state index contributed by atoms with van der Waals surface area (Å²) in [5.41, 5.74) is -3.96. The number of nitro groups is 1. The van der Waals surface area contributed by atoms with Crippen LogP contribution in [0.15, 0.2) is 94.5 Å². The van der Waals surface area contributed by atoms with Gasteiger partial charge in [-0.05, 0) is 80.4 Å². The molecule has 352 valence electrons. The quantitative estimate of drug-likeness (QED) is 0.0319. The second-order valence-corrected chi connectivity index (χ2v) is 13.9. The Kier molecular flexibility index (Phi) is 17.1. The average molecular weight is 954 g/mol. The predicted molar refractivity (Wildman–Crippen MR) is 221 cm³/mol. The van der Waals surface area contributed by atoms with Gasteiger partial charge in [-0.3, -0.25) is 19.5 Å². The van der Waals surface area contributed by atoms with Gasteiger partial charge in [0.25, 0.3) is 11.2 Å². The molecule has 0 spiro atoms. The van der Waals surface area contributed by atoms with E-state index in [4.69, 9.17) is 35.3 Å². The number of aryl methyl sites for hydroxylation is 1. The minimum absolute atomic E-state index is 0.0493. The summed E-state index contributed by atoms with van der Waals surface area (Å²) in [6, 6.07) is 17.0. The van der Waals surface area contributed by atoms with E-state index >= 15 is 0 Å². The van der Waals surface area contributed by atoms with Crippen LogP contribution in [-0.4, -0.2) is 58.4 Å². The van der Waals surface area contributed by atoms with Crippen LogP contribution in [0.4, 0.5) is 32.0 Å². The molecule has 1 heterocycles. The fraction of sp³-hybridized carbons (Fsp3) is 0.279. The second kappa shape index (κ2) is 22.0. The number of alkyl halides is 6. The van der Waals surface area contributed by atoms with Crippen LogP contribution in [0, 0.1) is 10.1 Å². The van der Waals surface area contributed by atoms with E-state index in [-0.39, 0.29) is 35.4 Å². The van der Waals surface area contributed by atoms with E-state index in [1.54, 1.807) is 6.92 Å². The van der Waals surface area contributed by atoms with Gasteiger partial charge < -0.3 is 28.4 Å². The smallest absolute Gasteiger partial charge is 0.431 e. The van der Waals surface area contributed by atoms with E-state index in [0.717, 1.165) is 49.4 Å². The van der Waals surface area contributed by atoms with Crippen molar-refractivity contribution in [2.24, 2.45) is 7.05 Å². The maximum atomic E-state index is 13.1. The van der Waals surface area contributed by atoms with Gasteiger partial charge in [-0.15, -0.1) is 0 Å². The molecule has 0 fully saturated rings. The number of aromatic nitrogens is 2. The van der Waals surface area contributed by atoms with Crippen molar-refractivity contribution in [1.29, 1.82) is 0 Å². The lowest BCUT2D eigenvalue weighted by Crippen LogP contribution is -2.40. The van der Waals surface area contributed by atoms with E-state index in [9.17, 15) is 60.4 Å². The summed E-state index contributed by atoms with van der Waals surface area (Å²) >= 11 is 5.81. The first-order valence-electron chi connectivity index (χ1n) is 19.1. The number of methoxy groups -OCH3 is 1. The summed E-state index contributed by atoms with van der Waals surface area (Å²) < 4.78 is 109. The molecule has 66 heavy (non-hydrogen) atoms. The van der Waals surface area contributed by atoms with Gasteiger partial charge in [-0.1, -0.05) is 30.7 Å². The van der Waals surface area contributed by atoms with Gasteiger partial charge in [0.2, 0.25) is 0 Å². The molecule has 0 aliphatic rings. The van der Waals surface area contributed by atoms with Crippen LogP contribution in [0.5, 0.6) is 23.0 Å². The number of rotatable bonds is 15. The maximum Gasteiger partial charge on any atom is 0.431 e. The van der Waals surface area contributed by atoms with Crippen molar-refractivity contribution < 1.29 is 74.1 Å². The van der Waals surface area contributed by atoms with Gasteiger partial charge in [0.15, 0.2) is 12.7 Å². The van der Waals surface area contributed by atoms with Gasteiger partial charge in [0.1, 0.15) is 40.9 Å². The lowest BCUT2D eigenvalue weighted by Gasteiger charge is -2.17. The number of esters is 3. The van der Waals surface area contributed by atoms with Crippen molar-refractivity contribution in [3.05, 3.63) is 149 Å². The molecule has 0 aliphatic heterocycles. The number of hydrogen-bond acceptors (Lipinski definition) is 13. The number of nitrogens with zero attached hydrogens (tertiary/aromatic N) is 3. The Labute approximate surface area is 374 Å². The number of benzene rings is 4. The lowest BCUT2D eigenvalue weighted by atomic mass is 10.1. The Morgan fingerprint density at radius 2 is 1.50 bits per heavy atom. The van der Waals surface area contributed by atoms with Crippen molar-refractivity contribution >= 4 is 35.2 Å². The number of carbonyl (C=O) groups excluding carboxylic acids is 3. The Morgan fingerprint density at radius 3 is 2.08 bits per heavy atom. The number of nitro benzene ring substituents is 1. The zero-order chi connectivity index (χ0) is 49.1. The Balaban J connectivity index is 0.000000294. The highest BCUT2D eigenvalue weighted by Gasteiger charge is 2.35. The van der Waals surface area contributed by atoms with Crippen molar-refractivity contribution in [1.82, 2.24) is 9.13 Å². The summed E-state index contributed by atoms with van der Waals surface area (Å²) in [7, 11) is 2.22. The molecule has 16 nitrogen and oxygen atoms in total. The number of halogens is 7. The minimum Gasteiger partial charge on any atom is -0.489 e. The lowest BCUT2D eigenvalue weighted by molar-refractivity contribution is -0.385. The first-order chi connectivity index (χ1) is 31.0. The molecule has 1 unspecified atom stereocenters.